The van der Waals surface area contributed by atoms with Gasteiger partial charge in [0, 0.05) is 65.3 Å². The van der Waals surface area contributed by atoms with E-state index < -0.39 is 15.6 Å². The van der Waals surface area contributed by atoms with Gasteiger partial charge in [-0.1, -0.05) is 0 Å². The molecular formula is C28H49N4O7S+. The second kappa shape index (κ2) is 13.5. The molecule has 0 bridgehead atoms. The fourth-order valence-electron chi connectivity index (χ4n) is 5.77. The third-order valence-electron chi connectivity index (χ3n) is 8.00. The summed E-state index contributed by atoms with van der Waals surface area (Å²) in [7, 11) is 1.48. The minimum atomic E-state index is -3.52. The molecule has 0 atom stereocenters. The minimum Gasteiger partial charge on any atom is -0.497 e. The van der Waals surface area contributed by atoms with Gasteiger partial charge in [0.2, 0.25) is 15.9 Å². The van der Waals surface area contributed by atoms with Crippen LogP contribution in [0.4, 0.5) is 0 Å². The molecule has 1 N–H and O–H groups in total. The van der Waals surface area contributed by atoms with Crippen LogP contribution in [0, 0.1) is 13.8 Å². The van der Waals surface area contributed by atoms with Crippen molar-refractivity contribution in [2.75, 3.05) is 86.8 Å². The molecule has 1 aromatic rings. The van der Waals surface area contributed by atoms with E-state index in [0.29, 0.717) is 47.5 Å². The molecule has 0 radical (unpaired) electrons. The molecule has 3 heterocycles. The summed E-state index contributed by atoms with van der Waals surface area (Å²) in [6, 6.07) is 4.08. The highest BCUT2D eigenvalue weighted by Gasteiger charge is 2.37. The molecule has 0 aromatic heterocycles. The fourth-order valence-corrected chi connectivity index (χ4v) is 7.76. The molecule has 4 rings (SSSR count). The zero-order valence-electron chi connectivity index (χ0n) is 25.3. The van der Waals surface area contributed by atoms with Crippen molar-refractivity contribution in [2.24, 2.45) is 0 Å². The van der Waals surface area contributed by atoms with Gasteiger partial charge in [0.25, 0.3) is 0 Å². The van der Waals surface area contributed by atoms with Crippen molar-refractivity contribution >= 4 is 15.9 Å². The highest BCUT2D eigenvalue weighted by molar-refractivity contribution is 7.89. The van der Waals surface area contributed by atoms with Crippen LogP contribution in [0.5, 0.6) is 5.75 Å². The number of hydrogen-bond acceptors (Lipinski definition) is 8. The number of amides is 1. The van der Waals surface area contributed by atoms with Crippen LogP contribution in [0.25, 0.3) is 0 Å². The van der Waals surface area contributed by atoms with E-state index in [-0.39, 0.29) is 17.2 Å². The lowest BCUT2D eigenvalue weighted by atomic mass is 10.0. The average molecular weight is 586 g/mol. The molecule has 228 valence electrons. The van der Waals surface area contributed by atoms with Crippen LogP contribution in [0.15, 0.2) is 17.0 Å². The SMILES string of the molecule is COCC(=O)N1CCN(C2CC[N+](C)(O)CC2)CC1.COc1cc(C)c(S(=O)(=O)N2CCOC(C)(C)C2)c(C)c1. The van der Waals surface area contributed by atoms with Gasteiger partial charge in [-0.2, -0.15) is 8.95 Å². The number of rotatable bonds is 6. The number of benzene rings is 1. The van der Waals surface area contributed by atoms with Gasteiger partial charge >= 0.3 is 0 Å². The number of hydrogen-bond donors (Lipinski definition) is 1. The van der Waals surface area contributed by atoms with E-state index in [4.69, 9.17) is 14.2 Å². The van der Waals surface area contributed by atoms with Gasteiger partial charge in [-0.3, -0.25) is 9.69 Å². The van der Waals surface area contributed by atoms with Crippen LogP contribution in [0.3, 0.4) is 0 Å². The first-order chi connectivity index (χ1) is 18.7. The Bertz CT molecular complexity index is 1080. The Labute approximate surface area is 240 Å². The van der Waals surface area contributed by atoms with Gasteiger partial charge in [0.15, 0.2) is 0 Å². The fraction of sp³-hybridized carbons (Fsp3) is 0.750. The Balaban J connectivity index is 0.000000222. The highest BCUT2D eigenvalue weighted by Crippen LogP contribution is 2.30. The third-order valence-corrected chi connectivity index (χ3v) is 10.1. The maximum atomic E-state index is 12.9. The number of piperazine rings is 1. The first-order valence-corrected chi connectivity index (χ1v) is 15.5. The highest BCUT2D eigenvalue weighted by atomic mass is 32.2. The topological polar surface area (TPSA) is 109 Å². The number of methoxy groups -OCH3 is 2. The molecule has 3 aliphatic rings. The number of piperidine rings is 1. The summed E-state index contributed by atoms with van der Waals surface area (Å²) < 4.78 is 43.2. The van der Waals surface area contributed by atoms with Gasteiger partial charge in [0.1, 0.15) is 25.4 Å². The summed E-state index contributed by atoms with van der Waals surface area (Å²) in [6.45, 7) is 13.9. The molecule has 11 nitrogen and oxygen atoms in total. The van der Waals surface area contributed by atoms with Crippen molar-refractivity contribution in [3.8, 4) is 5.75 Å². The molecule has 0 saturated carbocycles. The predicted molar refractivity (Wildman–Crippen MR) is 152 cm³/mol. The first-order valence-electron chi connectivity index (χ1n) is 14.1. The van der Waals surface area contributed by atoms with Crippen molar-refractivity contribution in [3.05, 3.63) is 23.3 Å². The van der Waals surface area contributed by atoms with Gasteiger partial charge in [-0.05, 0) is 51.0 Å². The largest absolute Gasteiger partial charge is 0.497 e. The third kappa shape index (κ3) is 8.37. The van der Waals surface area contributed by atoms with Crippen molar-refractivity contribution in [2.45, 2.75) is 57.1 Å². The maximum Gasteiger partial charge on any atom is 0.248 e. The average Bonchev–Trinajstić information content (AvgIpc) is 2.88. The predicted octanol–water partition coefficient (Wildman–Crippen LogP) is 1.89. The number of nitrogens with zero attached hydrogens (tertiary/aromatic N) is 4. The lowest BCUT2D eigenvalue weighted by Gasteiger charge is -2.42. The van der Waals surface area contributed by atoms with Crippen molar-refractivity contribution in [1.29, 1.82) is 0 Å². The van der Waals surface area contributed by atoms with Crippen LogP contribution < -0.4 is 4.74 Å². The Morgan fingerprint density at radius 2 is 1.65 bits per heavy atom. The second-order valence-electron chi connectivity index (χ2n) is 11.9. The van der Waals surface area contributed by atoms with Crippen molar-refractivity contribution < 1.29 is 37.3 Å². The summed E-state index contributed by atoms with van der Waals surface area (Å²) >= 11 is 0. The number of likely N-dealkylation sites (tertiary alicyclic amines) is 1. The van der Waals surface area contributed by atoms with E-state index in [1.807, 2.05) is 25.8 Å². The molecule has 12 heteroatoms. The van der Waals surface area contributed by atoms with E-state index in [9.17, 15) is 18.4 Å². The van der Waals surface area contributed by atoms with Gasteiger partial charge in [-0.25, -0.2) is 13.6 Å². The van der Waals surface area contributed by atoms with Crippen LogP contribution in [0.2, 0.25) is 0 Å². The Morgan fingerprint density at radius 1 is 1.07 bits per heavy atom. The van der Waals surface area contributed by atoms with Crippen LogP contribution in [-0.2, 0) is 24.3 Å². The van der Waals surface area contributed by atoms with E-state index in [1.54, 1.807) is 40.2 Å². The van der Waals surface area contributed by atoms with Crippen LogP contribution in [-0.4, -0.2) is 137 Å². The second-order valence-corrected chi connectivity index (χ2v) is 13.8. The van der Waals surface area contributed by atoms with E-state index in [0.717, 1.165) is 52.1 Å². The number of hydroxylamine groups is 3. The van der Waals surface area contributed by atoms with Gasteiger partial charge < -0.3 is 19.1 Å². The molecule has 3 aliphatic heterocycles. The molecule has 40 heavy (non-hydrogen) atoms. The van der Waals surface area contributed by atoms with E-state index in [2.05, 4.69) is 4.90 Å². The summed E-state index contributed by atoms with van der Waals surface area (Å²) in [5, 5.41) is 9.92. The smallest absolute Gasteiger partial charge is 0.248 e. The zero-order valence-corrected chi connectivity index (χ0v) is 26.1. The molecular weight excluding hydrogens is 536 g/mol. The summed E-state index contributed by atoms with van der Waals surface area (Å²) in [5.74, 6) is 0.761. The molecule has 3 fully saturated rings. The van der Waals surface area contributed by atoms with Gasteiger partial charge in [-0.15, -0.1) is 0 Å². The normalized spacial score (nSPS) is 26.1. The maximum absolute atomic E-state index is 12.9. The van der Waals surface area contributed by atoms with Crippen molar-refractivity contribution in [3.63, 3.8) is 0 Å². The number of carbonyl (C=O) groups is 1. The number of ether oxygens (including phenoxy) is 3. The number of sulfonamides is 1. The van der Waals surface area contributed by atoms with Crippen molar-refractivity contribution in [1.82, 2.24) is 14.1 Å². The first kappa shape index (κ1) is 32.7. The summed E-state index contributed by atoms with van der Waals surface area (Å²) in [4.78, 5) is 16.4. The van der Waals surface area contributed by atoms with Gasteiger partial charge in [0.05, 0.1) is 31.3 Å². The van der Waals surface area contributed by atoms with Crippen LogP contribution >= 0.6 is 0 Å². The number of morpholine rings is 1. The molecule has 1 amide bonds. The molecule has 0 spiro atoms. The molecule has 0 aliphatic carbocycles. The standard InChI is InChI=1S/C15H23NO4S.C13H26N3O3/c1-11-8-13(19-5)9-12(2)14(11)21(17,18)16-6-7-20-15(3,4)10-16;1-16(18)9-3-12(4-10-16)14-5-7-15(8-6-14)13(17)11-19-2/h8-9H,6-7,10H2,1-5H3;12,18H,3-11H2,1-2H3/q;+1. The monoisotopic (exact) mass is 585 g/mol. The van der Waals surface area contributed by atoms with E-state index >= 15 is 0 Å². The lowest BCUT2D eigenvalue weighted by Crippen LogP contribution is -2.57. The molecule has 3 saturated heterocycles. The molecule has 1 aromatic carbocycles. The van der Waals surface area contributed by atoms with E-state index in [1.165, 1.54) is 4.31 Å². The molecule has 0 unspecified atom stereocenters. The number of aryl methyl sites for hydroxylation is 2. The Hall–Kier alpha value is -1.80. The summed E-state index contributed by atoms with van der Waals surface area (Å²) in [5.41, 5.74) is 0.951. The lowest BCUT2D eigenvalue weighted by molar-refractivity contribution is -1.09. The zero-order chi connectivity index (χ0) is 29.7. The summed E-state index contributed by atoms with van der Waals surface area (Å²) in [6.07, 6.45) is 2.08. The number of quaternary nitrogens is 1. The quantitative estimate of drug-likeness (QED) is 0.505. The Morgan fingerprint density at radius 3 is 2.15 bits per heavy atom. The van der Waals surface area contributed by atoms with Crippen LogP contribution in [0.1, 0.15) is 37.8 Å². The number of carbonyl (C=O) groups excluding carboxylic acids is 1. The Kier molecular flexibility index (Phi) is 11.0. The minimum absolute atomic E-state index is 0.0883.